The van der Waals surface area contributed by atoms with Crippen LogP contribution in [0.5, 0.6) is 0 Å². The van der Waals surface area contributed by atoms with E-state index in [1.54, 1.807) is 18.5 Å². The van der Waals surface area contributed by atoms with E-state index in [2.05, 4.69) is 20.1 Å². The van der Waals surface area contributed by atoms with Crippen LogP contribution >= 0.6 is 11.6 Å². The maximum atomic E-state index is 9.36. The summed E-state index contributed by atoms with van der Waals surface area (Å²) >= 11 is 5.94. The smallest absolute Gasteiger partial charge is 0.256 e. The number of halogens is 1. The lowest BCUT2D eigenvalue weighted by Gasteiger charge is -2.22. The van der Waals surface area contributed by atoms with Gasteiger partial charge in [-0.2, -0.15) is 20.1 Å². The van der Waals surface area contributed by atoms with Crippen LogP contribution in [-0.4, -0.2) is 49.0 Å². The lowest BCUT2D eigenvalue weighted by molar-refractivity contribution is 0.265. The van der Waals surface area contributed by atoms with Crippen molar-refractivity contribution >= 4 is 17.5 Å². The molecule has 1 unspecified atom stereocenters. The molecule has 3 rings (SSSR count). The number of nitrogens with zero attached hydrogens (tertiary/aromatic N) is 6. The Balaban J connectivity index is 1.98. The second-order valence-electron chi connectivity index (χ2n) is 4.33. The Morgan fingerprint density at radius 1 is 1.32 bits per heavy atom. The van der Waals surface area contributed by atoms with Crippen LogP contribution in [0.25, 0.3) is 5.95 Å². The van der Waals surface area contributed by atoms with Crippen molar-refractivity contribution in [2.24, 2.45) is 0 Å². The number of hydrogen-bond donors (Lipinski definition) is 1. The molecule has 0 aliphatic carbocycles. The molecule has 1 fully saturated rings. The molecular formula is C11H13ClN6O. The van der Waals surface area contributed by atoms with E-state index < -0.39 is 0 Å². The summed E-state index contributed by atoms with van der Waals surface area (Å²) in [6.45, 7) is 0.893. The first kappa shape index (κ1) is 12.3. The first-order valence-electron chi connectivity index (χ1n) is 6.07. The fraction of sp³-hybridized carbons (Fsp3) is 0.455. The molecule has 100 valence electrons. The normalized spacial score (nSPS) is 19.1. The van der Waals surface area contributed by atoms with E-state index >= 15 is 0 Å². The number of aliphatic hydroxyl groups excluding tert-OH is 1. The maximum absolute atomic E-state index is 9.36. The molecular weight excluding hydrogens is 268 g/mol. The summed E-state index contributed by atoms with van der Waals surface area (Å²) in [6, 6.07) is 1.83. The first-order valence-corrected chi connectivity index (χ1v) is 6.45. The van der Waals surface area contributed by atoms with Crippen LogP contribution in [0.15, 0.2) is 18.5 Å². The van der Waals surface area contributed by atoms with Crippen molar-refractivity contribution < 1.29 is 5.11 Å². The van der Waals surface area contributed by atoms with Crippen LogP contribution in [-0.2, 0) is 0 Å². The zero-order valence-electron chi connectivity index (χ0n) is 10.1. The van der Waals surface area contributed by atoms with Gasteiger partial charge in [-0.1, -0.05) is 0 Å². The molecule has 1 saturated heterocycles. The van der Waals surface area contributed by atoms with Crippen LogP contribution in [0, 0.1) is 0 Å². The highest BCUT2D eigenvalue weighted by Gasteiger charge is 2.27. The molecule has 3 heterocycles. The molecule has 0 bridgehead atoms. The zero-order chi connectivity index (χ0) is 13.2. The predicted octanol–water partition coefficient (Wildman–Crippen LogP) is 0.672. The van der Waals surface area contributed by atoms with Gasteiger partial charge >= 0.3 is 0 Å². The van der Waals surface area contributed by atoms with Gasteiger partial charge < -0.3 is 10.0 Å². The number of anilines is 1. The monoisotopic (exact) mass is 280 g/mol. The highest BCUT2D eigenvalue weighted by atomic mass is 35.5. The zero-order valence-corrected chi connectivity index (χ0v) is 10.9. The summed E-state index contributed by atoms with van der Waals surface area (Å²) in [5.74, 6) is 0.866. The van der Waals surface area contributed by atoms with Crippen molar-refractivity contribution in [3.05, 3.63) is 23.7 Å². The molecule has 0 saturated carbocycles. The van der Waals surface area contributed by atoms with Crippen LogP contribution in [0.2, 0.25) is 5.28 Å². The molecule has 0 aromatic carbocycles. The second kappa shape index (κ2) is 5.10. The van der Waals surface area contributed by atoms with Crippen LogP contribution < -0.4 is 4.90 Å². The number of aromatic nitrogens is 5. The Morgan fingerprint density at radius 3 is 2.89 bits per heavy atom. The van der Waals surface area contributed by atoms with Crippen molar-refractivity contribution in [3.63, 3.8) is 0 Å². The molecule has 0 amide bonds. The average molecular weight is 281 g/mol. The van der Waals surface area contributed by atoms with E-state index in [1.165, 1.54) is 4.68 Å². The molecule has 1 N–H and O–H groups in total. The van der Waals surface area contributed by atoms with Crippen LogP contribution in [0.3, 0.4) is 0 Å². The quantitative estimate of drug-likeness (QED) is 0.890. The molecule has 0 radical (unpaired) electrons. The van der Waals surface area contributed by atoms with Crippen molar-refractivity contribution in [1.29, 1.82) is 0 Å². The average Bonchev–Trinajstić information content (AvgIpc) is 3.09. The standard InChI is InChI=1S/C11H13ClN6O/c12-9-14-10(17-5-1-3-8(17)7-19)16-11(15-9)18-6-2-4-13-18/h2,4,6,8,19H,1,3,5,7H2. The summed E-state index contributed by atoms with van der Waals surface area (Å²) in [5.41, 5.74) is 0. The van der Waals surface area contributed by atoms with Gasteiger partial charge in [-0.15, -0.1) is 0 Å². The van der Waals surface area contributed by atoms with Gasteiger partial charge in [0.1, 0.15) is 0 Å². The summed E-state index contributed by atoms with van der Waals surface area (Å²) in [7, 11) is 0. The molecule has 8 heteroatoms. The number of hydrogen-bond acceptors (Lipinski definition) is 6. The van der Waals surface area contributed by atoms with Crippen molar-refractivity contribution in [2.75, 3.05) is 18.1 Å². The molecule has 0 spiro atoms. The Bertz CT molecular complexity index is 560. The number of rotatable bonds is 3. The van der Waals surface area contributed by atoms with E-state index in [1.807, 2.05) is 4.90 Å². The fourth-order valence-corrected chi connectivity index (χ4v) is 2.39. The maximum Gasteiger partial charge on any atom is 0.256 e. The molecule has 7 nitrogen and oxygen atoms in total. The minimum absolute atomic E-state index is 0.0453. The third kappa shape index (κ3) is 2.39. The third-order valence-electron chi connectivity index (χ3n) is 3.14. The predicted molar refractivity (Wildman–Crippen MR) is 69.4 cm³/mol. The summed E-state index contributed by atoms with van der Waals surface area (Å²) in [6.07, 6.45) is 5.31. The van der Waals surface area contributed by atoms with Gasteiger partial charge in [-0.05, 0) is 30.5 Å². The van der Waals surface area contributed by atoms with E-state index in [4.69, 9.17) is 11.6 Å². The van der Waals surface area contributed by atoms with Crippen molar-refractivity contribution in [2.45, 2.75) is 18.9 Å². The summed E-state index contributed by atoms with van der Waals surface area (Å²) < 4.78 is 1.53. The Labute approximate surface area is 114 Å². The molecule has 1 atom stereocenters. The lowest BCUT2D eigenvalue weighted by atomic mass is 10.2. The summed E-state index contributed by atoms with van der Waals surface area (Å²) in [5, 5.41) is 13.6. The molecule has 1 aliphatic rings. The van der Waals surface area contributed by atoms with Crippen LogP contribution in [0.4, 0.5) is 5.95 Å². The second-order valence-corrected chi connectivity index (χ2v) is 4.67. The third-order valence-corrected chi connectivity index (χ3v) is 3.31. The fourth-order valence-electron chi connectivity index (χ4n) is 2.24. The molecule has 2 aromatic heterocycles. The van der Waals surface area contributed by atoms with Gasteiger partial charge in [0.05, 0.1) is 12.6 Å². The molecule has 1 aliphatic heterocycles. The molecule has 2 aromatic rings. The van der Waals surface area contributed by atoms with E-state index in [0.29, 0.717) is 11.9 Å². The Hall–Kier alpha value is -1.73. The topological polar surface area (TPSA) is 80.0 Å². The van der Waals surface area contributed by atoms with E-state index in [-0.39, 0.29) is 17.9 Å². The van der Waals surface area contributed by atoms with Crippen molar-refractivity contribution in [1.82, 2.24) is 24.7 Å². The Kier molecular flexibility index (Phi) is 3.31. The lowest BCUT2D eigenvalue weighted by Crippen LogP contribution is -2.33. The van der Waals surface area contributed by atoms with Gasteiger partial charge in [0.25, 0.3) is 5.95 Å². The van der Waals surface area contributed by atoms with Gasteiger partial charge in [-0.3, -0.25) is 0 Å². The highest BCUT2D eigenvalue weighted by Crippen LogP contribution is 2.23. The largest absolute Gasteiger partial charge is 0.394 e. The van der Waals surface area contributed by atoms with Gasteiger partial charge in [0.15, 0.2) is 0 Å². The minimum atomic E-state index is 0.0453. The minimum Gasteiger partial charge on any atom is -0.394 e. The first-order chi connectivity index (χ1) is 9.28. The van der Waals surface area contributed by atoms with E-state index in [9.17, 15) is 5.11 Å². The van der Waals surface area contributed by atoms with Gasteiger partial charge in [0, 0.05) is 18.9 Å². The highest BCUT2D eigenvalue weighted by molar-refractivity contribution is 6.28. The SMILES string of the molecule is OCC1CCCN1c1nc(Cl)nc(-n2cccn2)n1. The van der Waals surface area contributed by atoms with Gasteiger partial charge in [0.2, 0.25) is 11.2 Å². The number of aliphatic hydroxyl groups is 1. The molecule has 19 heavy (non-hydrogen) atoms. The van der Waals surface area contributed by atoms with Gasteiger partial charge in [-0.25, -0.2) is 4.68 Å². The summed E-state index contributed by atoms with van der Waals surface area (Å²) in [4.78, 5) is 14.5. The van der Waals surface area contributed by atoms with Crippen LogP contribution in [0.1, 0.15) is 12.8 Å². The van der Waals surface area contributed by atoms with E-state index in [0.717, 1.165) is 19.4 Å². The Morgan fingerprint density at radius 2 is 2.16 bits per heavy atom. The van der Waals surface area contributed by atoms with Crippen molar-refractivity contribution in [3.8, 4) is 5.95 Å².